The summed E-state index contributed by atoms with van der Waals surface area (Å²) in [5.74, 6) is 0.164. The van der Waals surface area contributed by atoms with E-state index < -0.39 is 0 Å². The Morgan fingerprint density at radius 1 is 1.17 bits per heavy atom. The molecule has 1 saturated heterocycles. The number of fused-ring (bicyclic) bond motifs is 1. The Balaban J connectivity index is 1.58. The summed E-state index contributed by atoms with van der Waals surface area (Å²) >= 11 is 0. The summed E-state index contributed by atoms with van der Waals surface area (Å²) < 4.78 is 5.81. The van der Waals surface area contributed by atoms with Crippen LogP contribution in [0.15, 0.2) is 24.3 Å². The van der Waals surface area contributed by atoms with Crippen LogP contribution in [0.1, 0.15) is 54.4 Å². The van der Waals surface area contributed by atoms with Crippen molar-refractivity contribution in [2.75, 3.05) is 13.2 Å². The zero-order valence-electron chi connectivity index (χ0n) is 13.8. The van der Waals surface area contributed by atoms with Crippen LogP contribution in [-0.2, 0) is 9.53 Å². The number of Topliss-reactive ketones (excluding diaryl/α,β-unsaturated/α-hetero) is 1. The van der Waals surface area contributed by atoms with Crippen LogP contribution in [0.5, 0.6) is 0 Å². The third-order valence-corrected chi connectivity index (χ3v) is 5.06. The van der Waals surface area contributed by atoms with Crippen LogP contribution < -0.4 is 0 Å². The molecule has 0 spiro atoms. The molecular weight excluding hydrogens is 290 g/mol. The van der Waals surface area contributed by atoms with Crippen molar-refractivity contribution in [3.8, 4) is 0 Å². The van der Waals surface area contributed by atoms with Crippen LogP contribution in [0, 0.1) is 6.92 Å². The van der Waals surface area contributed by atoms with Gasteiger partial charge >= 0.3 is 0 Å². The molecule has 3 rings (SSSR count). The minimum absolute atomic E-state index is 0.0601. The molecule has 1 aliphatic carbocycles. The average Bonchev–Trinajstić information content (AvgIpc) is 2.59. The van der Waals surface area contributed by atoms with E-state index in [1.54, 1.807) is 0 Å². The highest BCUT2D eigenvalue weighted by atomic mass is 16.5. The van der Waals surface area contributed by atoms with Crippen LogP contribution in [0.4, 0.5) is 0 Å². The van der Waals surface area contributed by atoms with E-state index in [2.05, 4.69) is 0 Å². The molecule has 124 valence electrons. The van der Waals surface area contributed by atoms with Gasteiger partial charge in [0.25, 0.3) is 0 Å². The highest BCUT2D eigenvalue weighted by molar-refractivity contribution is 5.99. The minimum Gasteiger partial charge on any atom is -0.374 e. The Morgan fingerprint density at radius 3 is 2.78 bits per heavy atom. The first-order valence-electron chi connectivity index (χ1n) is 8.66. The Labute approximate surface area is 137 Å². The molecule has 0 aromatic heterocycles. The van der Waals surface area contributed by atoms with Crippen LogP contribution in [0.25, 0.3) is 0 Å². The fourth-order valence-corrected chi connectivity index (χ4v) is 3.79. The molecular formula is C19H25NO3. The summed E-state index contributed by atoms with van der Waals surface area (Å²) in [7, 11) is 0. The normalized spacial score (nSPS) is 24.1. The highest BCUT2D eigenvalue weighted by Gasteiger charge is 2.36. The lowest BCUT2D eigenvalue weighted by Gasteiger charge is -2.43. The van der Waals surface area contributed by atoms with Gasteiger partial charge in [-0.15, -0.1) is 0 Å². The Hall–Kier alpha value is -1.68. The quantitative estimate of drug-likeness (QED) is 0.802. The number of ketones is 1. The van der Waals surface area contributed by atoms with Crippen molar-refractivity contribution < 1.29 is 14.3 Å². The Morgan fingerprint density at radius 2 is 1.96 bits per heavy atom. The summed E-state index contributed by atoms with van der Waals surface area (Å²) in [5.41, 5.74) is 1.71. The van der Waals surface area contributed by atoms with E-state index in [1.165, 1.54) is 6.42 Å². The van der Waals surface area contributed by atoms with Crippen molar-refractivity contribution in [3.63, 3.8) is 0 Å². The number of ether oxygens (including phenoxy) is 1. The van der Waals surface area contributed by atoms with Crippen molar-refractivity contribution in [2.24, 2.45) is 0 Å². The third kappa shape index (κ3) is 3.63. The smallest absolute Gasteiger partial charge is 0.223 e. The third-order valence-electron chi connectivity index (χ3n) is 5.06. The second kappa shape index (κ2) is 7.26. The van der Waals surface area contributed by atoms with Gasteiger partial charge in [-0.1, -0.05) is 37.1 Å². The summed E-state index contributed by atoms with van der Waals surface area (Å²) in [6, 6.07) is 7.79. The van der Waals surface area contributed by atoms with E-state index in [-0.39, 0.29) is 23.8 Å². The molecule has 4 nitrogen and oxygen atoms in total. The lowest BCUT2D eigenvalue weighted by Crippen LogP contribution is -2.54. The number of hydrogen-bond acceptors (Lipinski definition) is 3. The van der Waals surface area contributed by atoms with Gasteiger partial charge in [0.05, 0.1) is 18.8 Å². The molecule has 4 heteroatoms. The maximum absolute atomic E-state index is 12.6. The first-order valence-corrected chi connectivity index (χ1v) is 8.66. The predicted octanol–water partition coefficient (Wildman–Crippen LogP) is 3.13. The number of aryl methyl sites for hydroxylation is 1. The molecule has 1 saturated carbocycles. The summed E-state index contributed by atoms with van der Waals surface area (Å²) in [6.07, 6.45) is 5.23. The molecule has 1 heterocycles. The molecule has 0 bridgehead atoms. The molecule has 2 fully saturated rings. The van der Waals surface area contributed by atoms with Gasteiger partial charge in [-0.2, -0.15) is 0 Å². The maximum atomic E-state index is 12.6. The Kier molecular flexibility index (Phi) is 5.11. The molecule has 23 heavy (non-hydrogen) atoms. The molecule has 1 aromatic rings. The summed E-state index contributed by atoms with van der Waals surface area (Å²) in [4.78, 5) is 26.9. The van der Waals surface area contributed by atoms with Crippen molar-refractivity contribution in [1.29, 1.82) is 0 Å². The second-order valence-electron chi connectivity index (χ2n) is 6.59. The van der Waals surface area contributed by atoms with E-state index in [4.69, 9.17) is 4.74 Å². The average molecular weight is 315 g/mol. The summed E-state index contributed by atoms with van der Waals surface area (Å²) in [6.45, 7) is 3.22. The largest absolute Gasteiger partial charge is 0.374 e. The number of amides is 1. The molecule has 0 N–H and O–H groups in total. The highest BCUT2D eigenvalue weighted by Crippen LogP contribution is 2.29. The maximum Gasteiger partial charge on any atom is 0.223 e. The molecule has 1 aliphatic heterocycles. The number of hydrogen-bond donors (Lipinski definition) is 0. The SMILES string of the molecule is Cc1ccccc1C(=O)CCC(=O)N1CCOC2CCCCC21. The zero-order valence-corrected chi connectivity index (χ0v) is 13.8. The monoisotopic (exact) mass is 315 g/mol. The van der Waals surface area contributed by atoms with E-state index in [0.29, 0.717) is 26.0 Å². The van der Waals surface area contributed by atoms with Gasteiger partial charge < -0.3 is 9.64 Å². The van der Waals surface area contributed by atoms with Crippen LogP contribution in [0.3, 0.4) is 0 Å². The van der Waals surface area contributed by atoms with Gasteiger partial charge in [0.1, 0.15) is 0 Å². The topological polar surface area (TPSA) is 46.6 Å². The zero-order chi connectivity index (χ0) is 16.2. The number of rotatable bonds is 4. The first-order chi connectivity index (χ1) is 11.2. The van der Waals surface area contributed by atoms with Crippen LogP contribution >= 0.6 is 0 Å². The van der Waals surface area contributed by atoms with E-state index in [9.17, 15) is 9.59 Å². The van der Waals surface area contributed by atoms with Gasteiger partial charge in [-0.3, -0.25) is 9.59 Å². The Bertz CT molecular complexity index is 582. The first kappa shape index (κ1) is 16.2. The molecule has 2 atom stereocenters. The van der Waals surface area contributed by atoms with Crippen molar-refractivity contribution in [1.82, 2.24) is 4.90 Å². The fraction of sp³-hybridized carbons (Fsp3) is 0.579. The fourth-order valence-electron chi connectivity index (χ4n) is 3.79. The minimum atomic E-state index is 0.0601. The number of carbonyl (C=O) groups is 2. The van der Waals surface area contributed by atoms with Gasteiger partial charge in [-0.05, 0) is 25.3 Å². The molecule has 1 amide bonds. The number of carbonyl (C=O) groups excluding carboxylic acids is 2. The van der Waals surface area contributed by atoms with Crippen molar-refractivity contribution in [2.45, 2.75) is 57.6 Å². The molecule has 0 radical (unpaired) electrons. The summed E-state index contributed by atoms with van der Waals surface area (Å²) in [5, 5.41) is 0. The molecule has 2 unspecified atom stereocenters. The van der Waals surface area contributed by atoms with Crippen LogP contribution in [0.2, 0.25) is 0 Å². The van der Waals surface area contributed by atoms with E-state index in [0.717, 1.165) is 30.4 Å². The number of morpholine rings is 1. The standard InChI is InChI=1S/C19H25NO3/c1-14-6-2-3-7-15(14)17(21)10-11-19(22)20-12-13-23-18-9-5-4-8-16(18)20/h2-3,6-7,16,18H,4-5,8-13H2,1H3. The molecule has 1 aromatic carbocycles. The van der Waals surface area contributed by atoms with Crippen molar-refractivity contribution >= 4 is 11.7 Å². The number of benzene rings is 1. The van der Waals surface area contributed by atoms with Gasteiger partial charge in [0.15, 0.2) is 5.78 Å². The van der Waals surface area contributed by atoms with Gasteiger partial charge in [-0.25, -0.2) is 0 Å². The predicted molar refractivity (Wildman–Crippen MR) is 88.5 cm³/mol. The van der Waals surface area contributed by atoms with Crippen LogP contribution in [-0.4, -0.2) is 41.9 Å². The lowest BCUT2D eigenvalue weighted by molar-refractivity contribution is -0.149. The second-order valence-corrected chi connectivity index (χ2v) is 6.59. The number of nitrogens with zero attached hydrogens (tertiary/aromatic N) is 1. The van der Waals surface area contributed by atoms with Gasteiger partial charge in [0, 0.05) is 24.9 Å². The molecule has 2 aliphatic rings. The van der Waals surface area contributed by atoms with E-state index in [1.807, 2.05) is 36.1 Å². The van der Waals surface area contributed by atoms with E-state index >= 15 is 0 Å². The van der Waals surface area contributed by atoms with Crippen molar-refractivity contribution in [3.05, 3.63) is 35.4 Å². The van der Waals surface area contributed by atoms with Gasteiger partial charge in [0.2, 0.25) is 5.91 Å². The lowest BCUT2D eigenvalue weighted by atomic mass is 9.90.